The second-order valence-electron chi connectivity index (χ2n) is 4.29. The molecule has 4 nitrogen and oxygen atoms in total. The van der Waals surface area contributed by atoms with Gasteiger partial charge in [0.1, 0.15) is 10.8 Å². The number of carbonyl (C=O) groups excluding carboxylic acids is 1. The van der Waals surface area contributed by atoms with Crippen LogP contribution in [0.3, 0.4) is 0 Å². The molecule has 2 rings (SSSR count). The predicted octanol–water partition coefficient (Wildman–Crippen LogP) is 3.07. The van der Waals surface area contributed by atoms with Gasteiger partial charge in [-0.2, -0.15) is 0 Å². The van der Waals surface area contributed by atoms with Crippen LogP contribution in [0.25, 0.3) is 0 Å². The molecule has 0 N–H and O–H groups in total. The van der Waals surface area contributed by atoms with E-state index in [1.165, 1.54) is 23.4 Å². The Bertz CT molecular complexity index is 649. The van der Waals surface area contributed by atoms with Crippen LogP contribution in [0, 0.1) is 11.6 Å². The molecule has 110 valence electrons. The summed E-state index contributed by atoms with van der Waals surface area (Å²) in [5.41, 5.74) is 0.634. The third-order valence-corrected chi connectivity index (χ3v) is 3.06. The Kier molecular flexibility index (Phi) is 4.80. The summed E-state index contributed by atoms with van der Waals surface area (Å²) in [4.78, 5) is 21.4. The highest BCUT2D eigenvalue weighted by Crippen LogP contribution is 2.13. The highest BCUT2D eigenvalue weighted by Gasteiger charge is 2.17. The smallest absolute Gasteiger partial charge is 0.274 e. The van der Waals surface area contributed by atoms with Crippen LogP contribution in [-0.4, -0.2) is 27.3 Å². The quantitative estimate of drug-likeness (QED) is 0.871. The van der Waals surface area contributed by atoms with E-state index in [-0.39, 0.29) is 23.3 Å². The summed E-state index contributed by atoms with van der Waals surface area (Å²) in [6, 6.07) is 3.53. The van der Waals surface area contributed by atoms with Crippen LogP contribution < -0.4 is 0 Å². The van der Waals surface area contributed by atoms with E-state index in [1.807, 2.05) is 0 Å². The number of amides is 1. The SMILES string of the molecule is CCN(Cc1ccc(F)c(F)c1)C(=O)c1cnc(Cl)cn1. The highest BCUT2D eigenvalue weighted by molar-refractivity contribution is 6.29. The third kappa shape index (κ3) is 3.72. The lowest BCUT2D eigenvalue weighted by molar-refractivity contribution is 0.0746. The van der Waals surface area contributed by atoms with Crippen LogP contribution in [0.15, 0.2) is 30.6 Å². The Balaban J connectivity index is 2.17. The molecule has 0 fully saturated rings. The molecule has 1 aromatic carbocycles. The van der Waals surface area contributed by atoms with E-state index in [9.17, 15) is 13.6 Å². The molecule has 0 spiro atoms. The molecule has 0 saturated carbocycles. The Morgan fingerprint density at radius 3 is 2.57 bits per heavy atom. The second-order valence-corrected chi connectivity index (χ2v) is 4.68. The fourth-order valence-corrected chi connectivity index (χ4v) is 1.87. The van der Waals surface area contributed by atoms with Crippen molar-refractivity contribution >= 4 is 17.5 Å². The number of carbonyl (C=O) groups is 1. The molecule has 0 bridgehead atoms. The predicted molar refractivity (Wildman–Crippen MR) is 73.8 cm³/mol. The van der Waals surface area contributed by atoms with Crippen molar-refractivity contribution in [2.24, 2.45) is 0 Å². The molecule has 0 aliphatic heterocycles. The largest absolute Gasteiger partial charge is 0.333 e. The van der Waals surface area contributed by atoms with Gasteiger partial charge in [0.05, 0.1) is 12.4 Å². The van der Waals surface area contributed by atoms with Crippen molar-refractivity contribution in [3.05, 3.63) is 58.6 Å². The van der Waals surface area contributed by atoms with Crippen molar-refractivity contribution < 1.29 is 13.6 Å². The fourth-order valence-electron chi connectivity index (χ4n) is 1.77. The second kappa shape index (κ2) is 6.58. The molecular formula is C14H12ClF2N3O. The van der Waals surface area contributed by atoms with Gasteiger partial charge in [-0.1, -0.05) is 17.7 Å². The Morgan fingerprint density at radius 1 is 1.24 bits per heavy atom. The van der Waals surface area contributed by atoms with Gasteiger partial charge in [0, 0.05) is 13.1 Å². The van der Waals surface area contributed by atoms with Crippen LogP contribution in [0.1, 0.15) is 23.0 Å². The minimum Gasteiger partial charge on any atom is -0.333 e. The Morgan fingerprint density at radius 2 is 2.00 bits per heavy atom. The molecule has 7 heteroatoms. The summed E-state index contributed by atoms with van der Waals surface area (Å²) in [7, 11) is 0. The molecule has 2 aromatic rings. The van der Waals surface area contributed by atoms with Gasteiger partial charge in [-0.3, -0.25) is 4.79 Å². The van der Waals surface area contributed by atoms with E-state index < -0.39 is 11.6 Å². The van der Waals surface area contributed by atoms with Gasteiger partial charge in [-0.15, -0.1) is 0 Å². The average Bonchev–Trinajstić information content (AvgIpc) is 2.48. The molecule has 1 aromatic heterocycles. The van der Waals surface area contributed by atoms with Gasteiger partial charge in [-0.25, -0.2) is 18.7 Å². The molecule has 0 atom stereocenters. The first-order chi connectivity index (χ1) is 10.0. The van der Waals surface area contributed by atoms with E-state index >= 15 is 0 Å². The molecule has 1 amide bonds. The summed E-state index contributed by atoms with van der Waals surface area (Å²) < 4.78 is 26.1. The van der Waals surface area contributed by atoms with E-state index in [0.717, 1.165) is 12.1 Å². The van der Waals surface area contributed by atoms with Gasteiger partial charge >= 0.3 is 0 Å². The third-order valence-electron chi connectivity index (χ3n) is 2.87. The summed E-state index contributed by atoms with van der Waals surface area (Å²) in [5, 5.41) is 0.190. The number of rotatable bonds is 4. The number of hydrogen-bond acceptors (Lipinski definition) is 3. The number of aromatic nitrogens is 2. The van der Waals surface area contributed by atoms with Crippen LogP contribution in [0.2, 0.25) is 5.15 Å². The van der Waals surface area contributed by atoms with Crippen molar-refractivity contribution in [3.8, 4) is 0 Å². The molecule has 0 radical (unpaired) electrons. The highest BCUT2D eigenvalue weighted by atomic mass is 35.5. The maximum absolute atomic E-state index is 13.2. The lowest BCUT2D eigenvalue weighted by Gasteiger charge is -2.20. The number of hydrogen-bond donors (Lipinski definition) is 0. The van der Waals surface area contributed by atoms with Crippen molar-refractivity contribution in [3.63, 3.8) is 0 Å². The minimum absolute atomic E-state index is 0.142. The summed E-state index contributed by atoms with van der Waals surface area (Å²) >= 11 is 5.62. The maximum Gasteiger partial charge on any atom is 0.274 e. The van der Waals surface area contributed by atoms with Gasteiger partial charge in [-0.05, 0) is 24.6 Å². The van der Waals surface area contributed by atoms with Crippen LogP contribution >= 0.6 is 11.6 Å². The van der Waals surface area contributed by atoms with Crippen molar-refractivity contribution in [2.75, 3.05) is 6.54 Å². The van der Waals surface area contributed by atoms with E-state index in [2.05, 4.69) is 9.97 Å². The zero-order valence-electron chi connectivity index (χ0n) is 11.2. The van der Waals surface area contributed by atoms with Crippen molar-refractivity contribution in [2.45, 2.75) is 13.5 Å². The first-order valence-corrected chi connectivity index (χ1v) is 6.59. The monoisotopic (exact) mass is 311 g/mol. The average molecular weight is 312 g/mol. The molecule has 0 saturated heterocycles. The van der Waals surface area contributed by atoms with Crippen LogP contribution in [0.5, 0.6) is 0 Å². The number of halogens is 3. The molecule has 21 heavy (non-hydrogen) atoms. The van der Waals surface area contributed by atoms with Gasteiger partial charge < -0.3 is 4.90 Å². The van der Waals surface area contributed by atoms with Crippen LogP contribution in [0.4, 0.5) is 8.78 Å². The zero-order chi connectivity index (χ0) is 15.4. The van der Waals surface area contributed by atoms with Gasteiger partial charge in [0.15, 0.2) is 11.6 Å². The minimum atomic E-state index is -0.942. The van der Waals surface area contributed by atoms with Crippen molar-refractivity contribution in [1.29, 1.82) is 0 Å². The first-order valence-electron chi connectivity index (χ1n) is 6.22. The molecule has 0 unspecified atom stereocenters. The van der Waals surface area contributed by atoms with Gasteiger partial charge in [0.25, 0.3) is 5.91 Å². The standard InChI is InChI=1S/C14H12ClF2N3O/c1-2-20(8-9-3-4-10(16)11(17)5-9)14(21)12-6-19-13(15)7-18-12/h3-7H,2,8H2,1H3. The first kappa shape index (κ1) is 15.3. The van der Waals surface area contributed by atoms with E-state index in [0.29, 0.717) is 12.1 Å². The molecule has 1 heterocycles. The van der Waals surface area contributed by atoms with Gasteiger partial charge in [0.2, 0.25) is 0 Å². The topological polar surface area (TPSA) is 46.1 Å². The summed E-state index contributed by atoms with van der Waals surface area (Å²) in [5.74, 6) is -2.22. The molecular weight excluding hydrogens is 300 g/mol. The fraction of sp³-hybridized carbons (Fsp3) is 0.214. The summed E-state index contributed by atoms with van der Waals surface area (Å²) in [6.45, 7) is 2.32. The lowest BCUT2D eigenvalue weighted by Crippen LogP contribution is -2.31. The normalized spacial score (nSPS) is 10.5. The maximum atomic E-state index is 13.2. The van der Waals surface area contributed by atoms with E-state index in [4.69, 9.17) is 11.6 Å². The van der Waals surface area contributed by atoms with Crippen LogP contribution in [-0.2, 0) is 6.54 Å². The zero-order valence-corrected chi connectivity index (χ0v) is 11.9. The van der Waals surface area contributed by atoms with E-state index in [1.54, 1.807) is 6.92 Å². The van der Waals surface area contributed by atoms with Crippen molar-refractivity contribution in [1.82, 2.24) is 14.9 Å². The summed E-state index contributed by atoms with van der Waals surface area (Å²) in [6.07, 6.45) is 2.55. The Labute approximate surface area is 125 Å². The molecule has 0 aliphatic carbocycles. The number of nitrogens with zero attached hydrogens (tertiary/aromatic N) is 3. The number of benzene rings is 1. The lowest BCUT2D eigenvalue weighted by atomic mass is 10.2. The Hall–Kier alpha value is -2.08. The molecule has 0 aliphatic rings.